The second-order valence-electron chi connectivity index (χ2n) is 6.93. The first-order chi connectivity index (χ1) is 10.5. The minimum absolute atomic E-state index is 0.532. The summed E-state index contributed by atoms with van der Waals surface area (Å²) in [5.74, 6) is 1.51. The molecule has 0 saturated carbocycles. The quantitative estimate of drug-likeness (QED) is 0.330. The molecule has 0 aliphatic rings. The zero-order valence-electron chi connectivity index (χ0n) is 15.9. The molecule has 1 nitrogen and oxygen atoms in total. The van der Waals surface area contributed by atoms with Crippen LogP contribution in [-0.2, 0) is 0 Å². The molecule has 0 rings (SSSR count). The second-order valence-corrected chi connectivity index (χ2v) is 6.93. The van der Waals surface area contributed by atoms with E-state index in [0.29, 0.717) is 6.04 Å². The molecule has 0 spiro atoms. The van der Waals surface area contributed by atoms with Gasteiger partial charge in [-0.15, -0.1) is 0 Å². The van der Waals surface area contributed by atoms with Crippen LogP contribution in [0.25, 0.3) is 0 Å². The fourth-order valence-electron chi connectivity index (χ4n) is 2.39. The summed E-state index contributed by atoms with van der Waals surface area (Å²) in [5.41, 5.74) is 1.45. The molecule has 128 valence electrons. The van der Waals surface area contributed by atoms with Gasteiger partial charge in [0.25, 0.3) is 0 Å². The second kappa shape index (κ2) is 13.8. The van der Waals surface area contributed by atoms with Crippen molar-refractivity contribution in [1.82, 2.24) is 5.32 Å². The highest BCUT2D eigenvalue weighted by Gasteiger charge is 2.08. The van der Waals surface area contributed by atoms with Crippen LogP contribution in [0.4, 0.5) is 0 Å². The fraction of sp³-hybridized carbons (Fsp3) is 0.714. The van der Waals surface area contributed by atoms with Crippen LogP contribution in [0.3, 0.4) is 0 Å². The normalized spacial score (nSPS) is 16.0. The Bertz CT molecular complexity index is 336. The molecule has 1 N–H and O–H groups in total. The molecule has 2 unspecified atom stereocenters. The van der Waals surface area contributed by atoms with E-state index in [4.69, 9.17) is 0 Å². The number of hydrogen-bond donors (Lipinski definition) is 1. The van der Waals surface area contributed by atoms with Gasteiger partial charge in [0.15, 0.2) is 0 Å². The highest BCUT2D eigenvalue weighted by Crippen LogP contribution is 2.15. The van der Waals surface area contributed by atoms with Crippen LogP contribution in [0.15, 0.2) is 36.0 Å². The first-order valence-corrected chi connectivity index (χ1v) is 9.21. The molecule has 2 atom stereocenters. The van der Waals surface area contributed by atoms with E-state index in [-0.39, 0.29) is 0 Å². The number of likely N-dealkylation sites (N-methyl/N-ethyl adjacent to an activating group) is 1. The monoisotopic (exact) mass is 305 g/mol. The lowest BCUT2D eigenvalue weighted by molar-refractivity contribution is 0.432. The van der Waals surface area contributed by atoms with Crippen LogP contribution < -0.4 is 5.32 Å². The van der Waals surface area contributed by atoms with Crippen molar-refractivity contribution in [1.29, 1.82) is 0 Å². The topological polar surface area (TPSA) is 12.0 Å². The van der Waals surface area contributed by atoms with E-state index in [2.05, 4.69) is 77.2 Å². The van der Waals surface area contributed by atoms with Gasteiger partial charge in [-0.25, -0.2) is 0 Å². The molecule has 0 saturated heterocycles. The summed E-state index contributed by atoms with van der Waals surface area (Å²) in [4.78, 5) is 0. The average Bonchev–Trinajstić information content (AvgIpc) is 2.46. The highest BCUT2D eigenvalue weighted by atomic mass is 14.9. The summed E-state index contributed by atoms with van der Waals surface area (Å²) < 4.78 is 0. The highest BCUT2D eigenvalue weighted by molar-refractivity contribution is 5.09. The van der Waals surface area contributed by atoms with Crippen molar-refractivity contribution in [3.63, 3.8) is 0 Å². The van der Waals surface area contributed by atoms with Crippen molar-refractivity contribution in [2.24, 2.45) is 11.8 Å². The Morgan fingerprint density at radius 2 is 1.82 bits per heavy atom. The summed E-state index contributed by atoms with van der Waals surface area (Å²) in [5, 5.41) is 3.60. The average molecular weight is 306 g/mol. The summed E-state index contributed by atoms with van der Waals surface area (Å²) in [6.07, 6.45) is 17.5. The van der Waals surface area contributed by atoms with Gasteiger partial charge in [0.05, 0.1) is 0 Å². The van der Waals surface area contributed by atoms with Gasteiger partial charge in [0, 0.05) is 6.04 Å². The zero-order chi connectivity index (χ0) is 16.8. The lowest BCUT2D eigenvalue weighted by Crippen LogP contribution is -2.28. The van der Waals surface area contributed by atoms with Crippen LogP contribution in [-0.4, -0.2) is 12.6 Å². The van der Waals surface area contributed by atoms with Gasteiger partial charge < -0.3 is 5.32 Å². The minimum Gasteiger partial charge on any atom is -0.311 e. The minimum atomic E-state index is 0.532. The number of allylic oxidation sites excluding steroid dienone is 5. The van der Waals surface area contributed by atoms with Crippen LogP contribution >= 0.6 is 0 Å². The molecule has 0 aromatic heterocycles. The van der Waals surface area contributed by atoms with E-state index < -0.39 is 0 Å². The molecule has 1 heteroatoms. The third-order valence-corrected chi connectivity index (χ3v) is 4.00. The molecule has 22 heavy (non-hydrogen) atoms. The molecule has 0 aliphatic heterocycles. The number of rotatable bonds is 12. The van der Waals surface area contributed by atoms with Gasteiger partial charge in [0.1, 0.15) is 0 Å². The molecule has 0 aliphatic carbocycles. The van der Waals surface area contributed by atoms with Crippen LogP contribution in [0.2, 0.25) is 0 Å². The Balaban J connectivity index is 4.12. The van der Waals surface area contributed by atoms with E-state index in [0.717, 1.165) is 24.8 Å². The van der Waals surface area contributed by atoms with Crippen LogP contribution in [0.1, 0.15) is 73.6 Å². The van der Waals surface area contributed by atoms with Crippen molar-refractivity contribution >= 4 is 0 Å². The zero-order valence-corrected chi connectivity index (χ0v) is 15.9. The number of hydrogen-bond acceptors (Lipinski definition) is 1. The van der Waals surface area contributed by atoms with Gasteiger partial charge in [0.2, 0.25) is 0 Å². The fourth-order valence-corrected chi connectivity index (χ4v) is 2.39. The summed E-state index contributed by atoms with van der Waals surface area (Å²) in [6.45, 7) is 14.6. The van der Waals surface area contributed by atoms with Crippen LogP contribution in [0, 0.1) is 11.8 Å². The van der Waals surface area contributed by atoms with Crippen molar-refractivity contribution < 1.29 is 0 Å². The predicted octanol–water partition coefficient (Wildman–Crippen LogP) is 6.29. The summed E-state index contributed by atoms with van der Waals surface area (Å²) >= 11 is 0. The number of nitrogens with one attached hydrogen (secondary N) is 1. The first-order valence-electron chi connectivity index (χ1n) is 9.21. The molecular weight excluding hydrogens is 266 g/mol. The van der Waals surface area contributed by atoms with E-state index in [9.17, 15) is 0 Å². The van der Waals surface area contributed by atoms with Crippen molar-refractivity contribution in [3.05, 3.63) is 36.0 Å². The van der Waals surface area contributed by atoms with Crippen molar-refractivity contribution in [2.45, 2.75) is 79.7 Å². The Kier molecular flexibility index (Phi) is 13.3. The van der Waals surface area contributed by atoms with Gasteiger partial charge in [-0.3, -0.25) is 0 Å². The maximum Gasteiger partial charge on any atom is 0.0252 e. The lowest BCUT2D eigenvalue weighted by atomic mass is 9.96. The van der Waals surface area contributed by atoms with Crippen molar-refractivity contribution in [3.8, 4) is 0 Å². The Morgan fingerprint density at radius 3 is 2.41 bits per heavy atom. The maximum atomic E-state index is 3.60. The first kappa shape index (κ1) is 21.2. The molecular formula is C21H39N. The standard InChI is InChI=1S/C21H39N/c1-7-19(5)14-10-9-11-15-20(6)17-21(22-8-2)16-12-13-18(3)4/h9-10,12,14,16,18,20-22H,7-8,11,13,15,17H2,1-6H3/b10-9-,16-12+,19-14+. The van der Waals surface area contributed by atoms with Crippen LogP contribution in [0.5, 0.6) is 0 Å². The lowest BCUT2D eigenvalue weighted by Gasteiger charge is -2.18. The van der Waals surface area contributed by atoms with Gasteiger partial charge in [-0.1, -0.05) is 70.6 Å². The van der Waals surface area contributed by atoms with E-state index >= 15 is 0 Å². The summed E-state index contributed by atoms with van der Waals surface area (Å²) in [7, 11) is 0. The largest absolute Gasteiger partial charge is 0.311 e. The van der Waals surface area contributed by atoms with Gasteiger partial charge in [-0.2, -0.15) is 0 Å². The molecule has 0 fully saturated rings. The molecule has 0 aromatic carbocycles. The third kappa shape index (κ3) is 12.9. The van der Waals surface area contributed by atoms with E-state index in [1.165, 1.54) is 31.3 Å². The molecule has 0 radical (unpaired) electrons. The Labute approximate surface area is 140 Å². The van der Waals surface area contributed by atoms with Gasteiger partial charge in [-0.05, 0) is 57.4 Å². The predicted molar refractivity (Wildman–Crippen MR) is 102 cm³/mol. The summed E-state index contributed by atoms with van der Waals surface area (Å²) in [6, 6.07) is 0.532. The van der Waals surface area contributed by atoms with E-state index in [1.807, 2.05) is 0 Å². The molecule has 0 heterocycles. The Morgan fingerprint density at radius 1 is 1.09 bits per heavy atom. The molecule has 0 aromatic rings. The van der Waals surface area contributed by atoms with Crippen molar-refractivity contribution in [2.75, 3.05) is 6.54 Å². The Hall–Kier alpha value is -0.820. The SMILES string of the molecule is CCNC(/C=C/CC(C)C)CC(C)CC/C=C\C=C(/C)CC. The smallest absolute Gasteiger partial charge is 0.0252 e. The molecule has 0 amide bonds. The van der Waals surface area contributed by atoms with Gasteiger partial charge >= 0.3 is 0 Å². The maximum absolute atomic E-state index is 3.60. The third-order valence-electron chi connectivity index (χ3n) is 4.00. The van der Waals surface area contributed by atoms with E-state index in [1.54, 1.807) is 0 Å². The molecule has 0 bridgehead atoms.